The molecule has 1 atom stereocenters. The van der Waals surface area contributed by atoms with Crippen LogP contribution >= 0.6 is 0 Å². The average molecular weight is 195 g/mol. The van der Waals surface area contributed by atoms with E-state index in [0.717, 1.165) is 0 Å². The predicted octanol–water partition coefficient (Wildman–Crippen LogP) is -9.65. The maximum absolute atomic E-state index is 8.56. The molecular formula is HClK2O3S. The van der Waals surface area contributed by atoms with Gasteiger partial charge in [-0.3, -0.25) is 0 Å². The van der Waals surface area contributed by atoms with E-state index in [2.05, 4.69) is 0 Å². The standard InChI is InChI=1S/ClH.2K.H2O3S/c;;;1-4(2)3/h1H;;;(H2,1,2,3)/q;2*+1;/p-2. The van der Waals surface area contributed by atoms with Gasteiger partial charge in [0.2, 0.25) is 0 Å². The first-order valence-corrected chi connectivity index (χ1v) is 1.55. The Morgan fingerprint density at radius 3 is 1.43 bits per heavy atom. The molecule has 0 aromatic carbocycles. The van der Waals surface area contributed by atoms with Gasteiger partial charge in [0, 0.05) is 0 Å². The van der Waals surface area contributed by atoms with Gasteiger partial charge in [0.15, 0.2) is 0 Å². The predicted molar refractivity (Wildman–Crippen MR) is 11.5 cm³/mol. The Hall–Kier alpha value is 3.63. The van der Waals surface area contributed by atoms with Crippen molar-refractivity contribution in [3.63, 3.8) is 0 Å². The number of halogens is 1. The maximum atomic E-state index is 8.56. The van der Waals surface area contributed by atoms with Crippen LogP contribution in [-0.4, -0.2) is 13.3 Å². The first-order chi connectivity index (χ1) is 1.73. The second kappa shape index (κ2) is 16.3. The molecule has 7 heteroatoms. The van der Waals surface area contributed by atoms with Crippen LogP contribution in [0.1, 0.15) is 0 Å². The van der Waals surface area contributed by atoms with Gasteiger partial charge in [0.1, 0.15) is 0 Å². The number of hydrogen-bond donors (Lipinski definition) is 1. The van der Waals surface area contributed by atoms with Gasteiger partial charge >= 0.3 is 103 Å². The Balaban J connectivity index is -0.0000000150. The van der Waals surface area contributed by atoms with Gasteiger partial charge in [0.05, 0.1) is 11.4 Å². The Kier molecular flexibility index (Phi) is 52.3. The molecule has 0 aromatic heterocycles. The average Bonchev–Trinajstić information content (AvgIpc) is 0.811. The van der Waals surface area contributed by atoms with Gasteiger partial charge in [-0.2, -0.15) is 0 Å². The van der Waals surface area contributed by atoms with E-state index in [1.54, 1.807) is 0 Å². The van der Waals surface area contributed by atoms with Crippen molar-refractivity contribution in [2.24, 2.45) is 0 Å². The summed E-state index contributed by atoms with van der Waals surface area (Å²) in [5, 5.41) is 0. The molecule has 0 heterocycles. The zero-order chi connectivity index (χ0) is 3.58. The summed E-state index contributed by atoms with van der Waals surface area (Å²) in [6.07, 6.45) is 0. The molecule has 7 heavy (non-hydrogen) atoms. The fourth-order valence-corrected chi connectivity index (χ4v) is 0. The summed E-state index contributed by atoms with van der Waals surface area (Å²) in [5.41, 5.74) is 0. The molecule has 1 unspecified atom stereocenters. The molecule has 0 radical (unpaired) electrons. The van der Waals surface area contributed by atoms with E-state index in [1.807, 2.05) is 0 Å². The number of hydrogen-bond acceptors (Lipinski definition) is 2. The van der Waals surface area contributed by atoms with Crippen molar-refractivity contribution in [3.05, 3.63) is 0 Å². The zero-order valence-electron chi connectivity index (χ0n) is 4.05. The minimum absolute atomic E-state index is 0. The van der Waals surface area contributed by atoms with E-state index in [1.165, 1.54) is 0 Å². The van der Waals surface area contributed by atoms with Gasteiger partial charge < -0.3 is 21.5 Å². The minimum Gasteiger partial charge on any atom is -1.00 e. The first-order valence-electron chi connectivity index (χ1n) is 0.516. The van der Waals surface area contributed by atoms with Crippen LogP contribution in [0.15, 0.2) is 0 Å². The largest absolute Gasteiger partial charge is 1.00 e. The number of rotatable bonds is 0. The van der Waals surface area contributed by atoms with Crippen molar-refractivity contribution in [2.75, 3.05) is 0 Å². The molecule has 0 aliphatic rings. The summed E-state index contributed by atoms with van der Waals surface area (Å²) in [5.74, 6) is 0. The fraction of sp³-hybridized carbons (Fsp3) is 0. The van der Waals surface area contributed by atoms with Crippen molar-refractivity contribution < 1.29 is 128 Å². The molecule has 3 nitrogen and oxygen atoms in total. The van der Waals surface area contributed by atoms with Crippen LogP contribution in [0.5, 0.6) is 0 Å². The van der Waals surface area contributed by atoms with Crippen molar-refractivity contribution >= 4 is 11.4 Å². The van der Waals surface area contributed by atoms with Crippen molar-refractivity contribution in [1.29, 1.82) is 0 Å². The molecule has 34 valence electrons. The third kappa shape index (κ3) is 42.5. The van der Waals surface area contributed by atoms with Gasteiger partial charge in [-0.1, -0.05) is 0 Å². The Bertz CT molecular complexity index is 35.9. The summed E-state index contributed by atoms with van der Waals surface area (Å²) in [7, 11) is 0. The topological polar surface area (TPSA) is 60.4 Å². The van der Waals surface area contributed by atoms with E-state index in [9.17, 15) is 0 Å². The molecule has 0 saturated carbocycles. The van der Waals surface area contributed by atoms with Crippen LogP contribution < -0.4 is 115 Å². The van der Waals surface area contributed by atoms with Crippen LogP contribution in [0.2, 0.25) is 0 Å². The molecule has 0 aliphatic heterocycles. The SMILES string of the molecule is O=S([O-])O.[Cl-].[K+].[K+]. The van der Waals surface area contributed by atoms with Crippen molar-refractivity contribution in [2.45, 2.75) is 0 Å². The second-order valence-electron chi connectivity index (χ2n) is 0.217. The molecule has 0 bridgehead atoms. The summed E-state index contributed by atoms with van der Waals surface area (Å²) in [6.45, 7) is 0. The van der Waals surface area contributed by atoms with E-state index in [0.29, 0.717) is 0 Å². The summed E-state index contributed by atoms with van der Waals surface area (Å²) in [6, 6.07) is 0. The van der Waals surface area contributed by atoms with Crippen LogP contribution in [0.3, 0.4) is 0 Å². The van der Waals surface area contributed by atoms with Crippen LogP contribution in [0.4, 0.5) is 0 Å². The molecule has 0 amide bonds. The molecule has 0 rings (SSSR count). The van der Waals surface area contributed by atoms with E-state index in [4.69, 9.17) is 13.3 Å². The third-order valence-electron chi connectivity index (χ3n) is 0. The van der Waals surface area contributed by atoms with Gasteiger partial charge in [-0.15, -0.1) is 0 Å². The summed E-state index contributed by atoms with van der Waals surface area (Å²) < 4.78 is 24.1. The molecular weight excluding hydrogens is 194 g/mol. The van der Waals surface area contributed by atoms with Gasteiger partial charge in [0.25, 0.3) is 0 Å². The van der Waals surface area contributed by atoms with Crippen LogP contribution in [0, 0.1) is 0 Å². The molecule has 1 N–H and O–H groups in total. The van der Waals surface area contributed by atoms with E-state index < -0.39 is 11.4 Å². The summed E-state index contributed by atoms with van der Waals surface area (Å²) in [4.78, 5) is 0. The van der Waals surface area contributed by atoms with Crippen molar-refractivity contribution in [1.82, 2.24) is 0 Å². The molecule has 0 saturated heterocycles. The van der Waals surface area contributed by atoms with Crippen LogP contribution in [-0.2, 0) is 11.4 Å². The second-order valence-corrected chi connectivity index (χ2v) is 0.651. The third-order valence-corrected chi connectivity index (χ3v) is 0. The van der Waals surface area contributed by atoms with Crippen LogP contribution in [0.25, 0.3) is 0 Å². The minimum atomic E-state index is -2.86. The monoisotopic (exact) mass is 194 g/mol. The van der Waals surface area contributed by atoms with E-state index >= 15 is 0 Å². The Morgan fingerprint density at radius 1 is 1.43 bits per heavy atom. The van der Waals surface area contributed by atoms with Gasteiger partial charge in [-0.05, 0) is 0 Å². The summed E-state index contributed by atoms with van der Waals surface area (Å²) >= 11 is -2.86. The quantitative estimate of drug-likeness (QED) is 0.308. The van der Waals surface area contributed by atoms with E-state index in [-0.39, 0.29) is 115 Å². The maximum Gasteiger partial charge on any atom is 1.00 e. The Labute approximate surface area is 136 Å². The van der Waals surface area contributed by atoms with Crippen molar-refractivity contribution in [3.8, 4) is 0 Å². The fourth-order valence-electron chi connectivity index (χ4n) is 0. The van der Waals surface area contributed by atoms with Gasteiger partial charge in [-0.25, -0.2) is 4.21 Å². The molecule has 0 aromatic rings. The molecule has 0 spiro atoms. The molecule has 0 fully saturated rings. The smallest absolute Gasteiger partial charge is 1.00 e. The normalized spacial score (nSPS) is 8.86. The first kappa shape index (κ1) is 22.4. The zero-order valence-corrected chi connectivity index (χ0v) is 11.9. The molecule has 0 aliphatic carbocycles. The Morgan fingerprint density at radius 2 is 1.43 bits per heavy atom.